The van der Waals surface area contributed by atoms with Crippen LogP contribution in [0.25, 0.3) is 0 Å². The summed E-state index contributed by atoms with van der Waals surface area (Å²) in [5.74, 6) is -0.843. The Kier molecular flexibility index (Phi) is 6.72. The highest BCUT2D eigenvalue weighted by molar-refractivity contribution is 5.81. The molecule has 0 bridgehead atoms. The highest BCUT2D eigenvalue weighted by Crippen LogP contribution is 1.98. The van der Waals surface area contributed by atoms with Crippen molar-refractivity contribution in [2.45, 2.75) is 46.2 Å². The number of hydrogen-bond acceptors (Lipinski definition) is 3. The van der Waals surface area contributed by atoms with Crippen LogP contribution in [0.15, 0.2) is 0 Å². The summed E-state index contributed by atoms with van der Waals surface area (Å²) in [5.41, 5.74) is 0. The summed E-state index contributed by atoms with van der Waals surface area (Å²) >= 11 is 0. The molecule has 1 amide bonds. The van der Waals surface area contributed by atoms with Crippen molar-refractivity contribution in [1.82, 2.24) is 10.2 Å². The second kappa shape index (κ2) is 7.22. The first kappa shape index (κ1) is 14.9. The van der Waals surface area contributed by atoms with E-state index in [4.69, 9.17) is 5.11 Å². The molecule has 0 spiro atoms. The lowest BCUT2D eigenvalue weighted by Crippen LogP contribution is -2.48. The van der Waals surface area contributed by atoms with Gasteiger partial charge in [-0.05, 0) is 27.7 Å². The standard InChI is InChI=1S/C11H22N2O3/c1-5-13(6-2)11(16)9(4)12-8(3)7-10(14)15/h8-9,12H,5-7H2,1-4H3,(H,14,15). The first-order valence-corrected chi connectivity index (χ1v) is 5.68. The van der Waals surface area contributed by atoms with Crippen LogP contribution in [0.4, 0.5) is 0 Å². The summed E-state index contributed by atoms with van der Waals surface area (Å²) < 4.78 is 0. The van der Waals surface area contributed by atoms with Crippen molar-refractivity contribution in [2.24, 2.45) is 0 Å². The molecule has 0 aromatic heterocycles. The minimum atomic E-state index is -0.859. The van der Waals surface area contributed by atoms with Crippen molar-refractivity contribution < 1.29 is 14.7 Å². The lowest BCUT2D eigenvalue weighted by atomic mass is 10.2. The number of carbonyl (C=O) groups excluding carboxylic acids is 1. The van der Waals surface area contributed by atoms with E-state index >= 15 is 0 Å². The van der Waals surface area contributed by atoms with Gasteiger partial charge in [0.05, 0.1) is 12.5 Å². The number of carboxylic acid groups (broad SMARTS) is 1. The van der Waals surface area contributed by atoms with Gasteiger partial charge >= 0.3 is 5.97 Å². The molecular formula is C11H22N2O3. The fourth-order valence-corrected chi connectivity index (χ4v) is 1.63. The van der Waals surface area contributed by atoms with Crippen molar-refractivity contribution in [3.63, 3.8) is 0 Å². The third-order valence-corrected chi connectivity index (χ3v) is 2.46. The number of carbonyl (C=O) groups is 2. The second-order valence-electron chi connectivity index (χ2n) is 3.90. The molecule has 0 aromatic carbocycles. The van der Waals surface area contributed by atoms with Gasteiger partial charge in [0.25, 0.3) is 0 Å². The molecule has 94 valence electrons. The molecule has 0 heterocycles. The maximum absolute atomic E-state index is 11.8. The van der Waals surface area contributed by atoms with Crippen LogP contribution in [0.1, 0.15) is 34.1 Å². The number of rotatable bonds is 7. The lowest BCUT2D eigenvalue weighted by molar-refractivity contribution is -0.138. The summed E-state index contributed by atoms with van der Waals surface area (Å²) in [4.78, 5) is 24.0. The maximum atomic E-state index is 11.8. The summed E-state index contributed by atoms with van der Waals surface area (Å²) in [6.07, 6.45) is 0.0237. The van der Waals surface area contributed by atoms with E-state index in [1.165, 1.54) is 0 Å². The highest BCUT2D eigenvalue weighted by Gasteiger charge is 2.20. The molecule has 0 saturated heterocycles. The minimum Gasteiger partial charge on any atom is -0.481 e. The second-order valence-corrected chi connectivity index (χ2v) is 3.90. The van der Waals surface area contributed by atoms with E-state index in [1.54, 1.807) is 18.7 Å². The van der Waals surface area contributed by atoms with Crippen LogP contribution in [-0.4, -0.2) is 47.1 Å². The van der Waals surface area contributed by atoms with E-state index in [2.05, 4.69) is 5.32 Å². The predicted molar refractivity (Wildman–Crippen MR) is 62.2 cm³/mol. The summed E-state index contributed by atoms with van der Waals surface area (Å²) in [7, 11) is 0. The molecule has 0 saturated carbocycles. The number of nitrogens with one attached hydrogen (secondary N) is 1. The van der Waals surface area contributed by atoms with Crippen LogP contribution >= 0.6 is 0 Å². The third kappa shape index (κ3) is 5.11. The summed E-state index contributed by atoms with van der Waals surface area (Å²) in [5, 5.41) is 11.6. The lowest BCUT2D eigenvalue weighted by Gasteiger charge is -2.25. The van der Waals surface area contributed by atoms with Gasteiger partial charge in [-0.15, -0.1) is 0 Å². The van der Waals surface area contributed by atoms with Crippen molar-refractivity contribution in [3.05, 3.63) is 0 Å². The number of likely N-dealkylation sites (N-methyl/N-ethyl adjacent to an activating group) is 1. The quantitative estimate of drug-likeness (QED) is 0.675. The Morgan fingerprint density at radius 3 is 2.12 bits per heavy atom. The van der Waals surface area contributed by atoms with Crippen molar-refractivity contribution in [2.75, 3.05) is 13.1 Å². The van der Waals surface area contributed by atoms with Crippen LogP contribution in [0, 0.1) is 0 Å². The number of hydrogen-bond donors (Lipinski definition) is 2. The molecule has 0 aliphatic heterocycles. The largest absolute Gasteiger partial charge is 0.481 e. The van der Waals surface area contributed by atoms with Gasteiger partial charge in [-0.2, -0.15) is 0 Å². The molecule has 5 nitrogen and oxygen atoms in total. The maximum Gasteiger partial charge on any atom is 0.304 e. The third-order valence-electron chi connectivity index (χ3n) is 2.46. The monoisotopic (exact) mass is 230 g/mol. The zero-order valence-corrected chi connectivity index (χ0v) is 10.5. The fraction of sp³-hybridized carbons (Fsp3) is 0.818. The van der Waals surface area contributed by atoms with Crippen LogP contribution in [0.2, 0.25) is 0 Å². The molecule has 0 radical (unpaired) electrons. The van der Waals surface area contributed by atoms with Gasteiger partial charge in [0.2, 0.25) is 5.91 Å². The molecule has 0 aliphatic carbocycles. The van der Waals surface area contributed by atoms with Gasteiger partial charge < -0.3 is 15.3 Å². The predicted octanol–water partition coefficient (Wildman–Crippen LogP) is 0.696. The van der Waals surface area contributed by atoms with E-state index in [-0.39, 0.29) is 24.4 Å². The van der Waals surface area contributed by atoms with Gasteiger partial charge in [0.15, 0.2) is 0 Å². The Labute approximate surface area is 96.8 Å². The Balaban J connectivity index is 4.18. The summed E-state index contributed by atoms with van der Waals surface area (Å²) in [6.45, 7) is 8.73. The highest BCUT2D eigenvalue weighted by atomic mass is 16.4. The van der Waals surface area contributed by atoms with E-state index in [0.717, 1.165) is 0 Å². The fourth-order valence-electron chi connectivity index (χ4n) is 1.63. The average molecular weight is 230 g/mol. The Bertz CT molecular complexity index is 239. The average Bonchev–Trinajstić information content (AvgIpc) is 2.17. The molecule has 5 heteroatoms. The van der Waals surface area contributed by atoms with Crippen molar-refractivity contribution >= 4 is 11.9 Å². The first-order valence-electron chi connectivity index (χ1n) is 5.68. The summed E-state index contributed by atoms with van der Waals surface area (Å²) in [6, 6.07) is -0.540. The van der Waals surface area contributed by atoms with Gasteiger partial charge in [0, 0.05) is 19.1 Å². The normalized spacial score (nSPS) is 14.2. The van der Waals surface area contributed by atoms with Gasteiger partial charge in [-0.1, -0.05) is 0 Å². The molecule has 0 aliphatic rings. The smallest absolute Gasteiger partial charge is 0.304 e. The molecule has 16 heavy (non-hydrogen) atoms. The van der Waals surface area contributed by atoms with E-state index in [0.29, 0.717) is 13.1 Å². The van der Waals surface area contributed by atoms with Crippen molar-refractivity contribution in [3.8, 4) is 0 Å². The van der Waals surface area contributed by atoms with Crippen LogP contribution < -0.4 is 5.32 Å². The topological polar surface area (TPSA) is 69.6 Å². The zero-order valence-electron chi connectivity index (χ0n) is 10.5. The van der Waals surface area contributed by atoms with Crippen molar-refractivity contribution in [1.29, 1.82) is 0 Å². The molecule has 2 atom stereocenters. The van der Waals surface area contributed by atoms with E-state index in [9.17, 15) is 9.59 Å². The molecule has 2 N–H and O–H groups in total. The number of amides is 1. The van der Waals surface area contributed by atoms with Crippen LogP contribution in [-0.2, 0) is 9.59 Å². The Hall–Kier alpha value is -1.10. The van der Waals surface area contributed by atoms with Crippen LogP contribution in [0.3, 0.4) is 0 Å². The molecule has 0 aromatic rings. The molecule has 0 rings (SSSR count). The Morgan fingerprint density at radius 1 is 1.25 bits per heavy atom. The van der Waals surface area contributed by atoms with Gasteiger partial charge in [-0.25, -0.2) is 0 Å². The van der Waals surface area contributed by atoms with E-state index < -0.39 is 5.97 Å². The zero-order chi connectivity index (χ0) is 12.7. The Morgan fingerprint density at radius 2 is 1.75 bits per heavy atom. The van der Waals surface area contributed by atoms with Gasteiger partial charge in [0.1, 0.15) is 0 Å². The molecule has 2 unspecified atom stereocenters. The minimum absolute atomic E-state index is 0.0160. The van der Waals surface area contributed by atoms with E-state index in [1.807, 2.05) is 13.8 Å². The number of aliphatic carboxylic acids is 1. The van der Waals surface area contributed by atoms with Gasteiger partial charge in [-0.3, -0.25) is 9.59 Å². The number of nitrogens with zero attached hydrogens (tertiary/aromatic N) is 1. The molecular weight excluding hydrogens is 208 g/mol. The number of carboxylic acids is 1. The molecule has 0 fully saturated rings. The first-order chi connectivity index (χ1) is 7.42. The SMILES string of the molecule is CCN(CC)C(=O)C(C)NC(C)CC(=O)O. The van der Waals surface area contributed by atoms with Crippen LogP contribution in [0.5, 0.6) is 0 Å².